The third-order valence-corrected chi connectivity index (χ3v) is 2.60. The fourth-order valence-corrected chi connectivity index (χ4v) is 1.76. The second-order valence-corrected chi connectivity index (χ2v) is 4.38. The molecule has 0 saturated carbocycles. The average molecular weight is 161 g/mol. The zero-order chi connectivity index (χ0) is 7.98. The molecule has 0 radical (unpaired) electrons. The van der Waals surface area contributed by atoms with E-state index >= 15 is 0 Å². The van der Waals surface area contributed by atoms with Crippen LogP contribution in [-0.2, 0) is 0 Å². The lowest BCUT2D eigenvalue weighted by Gasteiger charge is -2.05. The van der Waals surface area contributed by atoms with E-state index in [2.05, 4.69) is 20.8 Å². The van der Waals surface area contributed by atoms with Gasteiger partial charge in [0, 0.05) is 6.04 Å². The SMILES string of the molecule is CC(C)CSCCC(C)N. The lowest BCUT2D eigenvalue weighted by Crippen LogP contribution is -2.15. The van der Waals surface area contributed by atoms with Crippen molar-refractivity contribution in [1.82, 2.24) is 0 Å². The van der Waals surface area contributed by atoms with Crippen LogP contribution in [-0.4, -0.2) is 17.5 Å². The van der Waals surface area contributed by atoms with E-state index in [0.29, 0.717) is 6.04 Å². The monoisotopic (exact) mass is 161 g/mol. The zero-order valence-electron chi connectivity index (χ0n) is 7.26. The Morgan fingerprint density at radius 2 is 1.90 bits per heavy atom. The van der Waals surface area contributed by atoms with Crippen LogP contribution in [0.3, 0.4) is 0 Å². The Balaban J connectivity index is 2.91. The first kappa shape index (κ1) is 10.3. The minimum atomic E-state index is 0.375. The minimum Gasteiger partial charge on any atom is -0.328 e. The van der Waals surface area contributed by atoms with E-state index in [1.165, 1.54) is 11.5 Å². The van der Waals surface area contributed by atoms with E-state index < -0.39 is 0 Å². The Morgan fingerprint density at radius 1 is 1.30 bits per heavy atom. The van der Waals surface area contributed by atoms with E-state index in [4.69, 9.17) is 5.73 Å². The summed E-state index contributed by atoms with van der Waals surface area (Å²) in [7, 11) is 0. The van der Waals surface area contributed by atoms with Crippen molar-refractivity contribution in [3.8, 4) is 0 Å². The third kappa shape index (κ3) is 8.31. The number of nitrogens with two attached hydrogens (primary N) is 1. The summed E-state index contributed by atoms with van der Waals surface area (Å²) in [5, 5.41) is 0. The maximum absolute atomic E-state index is 5.60. The molecule has 0 aromatic carbocycles. The van der Waals surface area contributed by atoms with Crippen LogP contribution in [0.1, 0.15) is 27.2 Å². The highest BCUT2D eigenvalue weighted by molar-refractivity contribution is 7.99. The van der Waals surface area contributed by atoms with Gasteiger partial charge in [0.05, 0.1) is 0 Å². The lowest BCUT2D eigenvalue weighted by atomic mass is 10.3. The van der Waals surface area contributed by atoms with Crippen LogP contribution >= 0.6 is 11.8 Å². The Morgan fingerprint density at radius 3 is 2.30 bits per heavy atom. The Kier molecular flexibility index (Phi) is 6.24. The predicted molar refractivity (Wildman–Crippen MR) is 50.4 cm³/mol. The van der Waals surface area contributed by atoms with Gasteiger partial charge < -0.3 is 5.73 Å². The smallest absolute Gasteiger partial charge is 0.00183 e. The summed E-state index contributed by atoms with van der Waals surface area (Å²) in [5.74, 6) is 3.31. The minimum absolute atomic E-state index is 0.375. The lowest BCUT2D eigenvalue weighted by molar-refractivity contribution is 0.715. The van der Waals surface area contributed by atoms with Crippen molar-refractivity contribution in [2.75, 3.05) is 11.5 Å². The van der Waals surface area contributed by atoms with Gasteiger partial charge in [-0.15, -0.1) is 0 Å². The molecule has 62 valence electrons. The average Bonchev–Trinajstić information content (AvgIpc) is 1.79. The molecule has 0 fully saturated rings. The van der Waals surface area contributed by atoms with Crippen molar-refractivity contribution in [2.24, 2.45) is 11.7 Å². The highest BCUT2D eigenvalue weighted by atomic mass is 32.2. The van der Waals surface area contributed by atoms with Crippen molar-refractivity contribution in [2.45, 2.75) is 33.2 Å². The molecular weight excluding hydrogens is 142 g/mol. The highest BCUT2D eigenvalue weighted by Crippen LogP contribution is 2.08. The maximum atomic E-state index is 5.60. The number of thioether (sulfide) groups is 1. The first-order chi connectivity index (χ1) is 4.63. The number of hydrogen-bond acceptors (Lipinski definition) is 2. The van der Waals surface area contributed by atoms with Crippen molar-refractivity contribution >= 4 is 11.8 Å². The molecule has 2 N–H and O–H groups in total. The summed E-state index contributed by atoms with van der Waals surface area (Å²) in [6.07, 6.45) is 1.15. The second kappa shape index (κ2) is 6.05. The van der Waals surface area contributed by atoms with Crippen LogP contribution < -0.4 is 5.73 Å². The Hall–Kier alpha value is 0.310. The molecule has 0 aliphatic carbocycles. The van der Waals surface area contributed by atoms with E-state index in [1.54, 1.807) is 0 Å². The van der Waals surface area contributed by atoms with Gasteiger partial charge in [0.15, 0.2) is 0 Å². The molecule has 0 spiro atoms. The summed E-state index contributed by atoms with van der Waals surface area (Å²) in [5.41, 5.74) is 5.60. The summed E-state index contributed by atoms with van der Waals surface area (Å²) in [6.45, 7) is 6.56. The van der Waals surface area contributed by atoms with Gasteiger partial charge in [0.2, 0.25) is 0 Å². The van der Waals surface area contributed by atoms with Crippen LogP contribution in [0, 0.1) is 5.92 Å². The van der Waals surface area contributed by atoms with Crippen LogP contribution in [0.15, 0.2) is 0 Å². The molecule has 0 bridgehead atoms. The predicted octanol–water partition coefficient (Wildman–Crippen LogP) is 2.11. The molecule has 1 atom stereocenters. The molecule has 10 heavy (non-hydrogen) atoms. The molecule has 1 nitrogen and oxygen atoms in total. The van der Waals surface area contributed by atoms with Crippen molar-refractivity contribution in [1.29, 1.82) is 0 Å². The maximum Gasteiger partial charge on any atom is 0.00183 e. The van der Waals surface area contributed by atoms with Crippen LogP contribution in [0.2, 0.25) is 0 Å². The van der Waals surface area contributed by atoms with E-state index in [0.717, 1.165) is 12.3 Å². The van der Waals surface area contributed by atoms with Gasteiger partial charge >= 0.3 is 0 Å². The van der Waals surface area contributed by atoms with Gasteiger partial charge in [-0.25, -0.2) is 0 Å². The van der Waals surface area contributed by atoms with E-state index in [-0.39, 0.29) is 0 Å². The van der Waals surface area contributed by atoms with Gasteiger partial charge in [-0.1, -0.05) is 13.8 Å². The molecule has 0 rings (SSSR count). The molecule has 0 heterocycles. The van der Waals surface area contributed by atoms with Crippen LogP contribution in [0.4, 0.5) is 0 Å². The molecule has 0 aromatic rings. The molecule has 2 heteroatoms. The molecule has 1 unspecified atom stereocenters. The van der Waals surface area contributed by atoms with Crippen molar-refractivity contribution in [3.05, 3.63) is 0 Å². The summed E-state index contributed by atoms with van der Waals surface area (Å²) in [6, 6.07) is 0.375. The standard InChI is InChI=1S/C8H19NS/c1-7(2)6-10-5-4-8(3)9/h7-8H,4-6,9H2,1-3H3. The molecule has 0 aliphatic rings. The van der Waals surface area contributed by atoms with Crippen LogP contribution in [0.5, 0.6) is 0 Å². The number of hydrogen-bond donors (Lipinski definition) is 1. The van der Waals surface area contributed by atoms with E-state index in [9.17, 15) is 0 Å². The number of rotatable bonds is 5. The van der Waals surface area contributed by atoms with Gasteiger partial charge in [-0.05, 0) is 30.8 Å². The Bertz CT molecular complexity index is 61.7. The van der Waals surface area contributed by atoms with Gasteiger partial charge in [-0.3, -0.25) is 0 Å². The molecule has 0 aliphatic heterocycles. The second-order valence-electron chi connectivity index (χ2n) is 3.23. The Labute approximate surface area is 68.8 Å². The fraction of sp³-hybridized carbons (Fsp3) is 1.00. The summed E-state index contributed by atoms with van der Waals surface area (Å²) >= 11 is 2.01. The topological polar surface area (TPSA) is 26.0 Å². The quantitative estimate of drug-likeness (QED) is 0.625. The molecule has 0 aromatic heterocycles. The molecular formula is C8H19NS. The van der Waals surface area contributed by atoms with Crippen molar-refractivity contribution < 1.29 is 0 Å². The summed E-state index contributed by atoms with van der Waals surface area (Å²) < 4.78 is 0. The first-order valence-electron chi connectivity index (χ1n) is 3.96. The van der Waals surface area contributed by atoms with E-state index in [1.807, 2.05) is 11.8 Å². The third-order valence-electron chi connectivity index (χ3n) is 1.17. The van der Waals surface area contributed by atoms with Crippen LogP contribution in [0.25, 0.3) is 0 Å². The van der Waals surface area contributed by atoms with Crippen molar-refractivity contribution in [3.63, 3.8) is 0 Å². The zero-order valence-corrected chi connectivity index (χ0v) is 8.08. The normalized spacial score (nSPS) is 14.1. The fourth-order valence-electron chi connectivity index (χ4n) is 0.588. The first-order valence-corrected chi connectivity index (χ1v) is 5.11. The highest BCUT2D eigenvalue weighted by Gasteiger charge is 1.96. The van der Waals surface area contributed by atoms with Gasteiger partial charge in [0.25, 0.3) is 0 Å². The largest absolute Gasteiger partial charge is 0.328 e. The summed E-state index contributed by atoms with van der Waals surface area (Å²) in [4.78, 5) is 0. The van der Waals surface area contributed by atoms with Gasteiger partial charge in [0.1, 0.15) is 0 Å². The molecule has 0 amide bonds. The van der Waals surface area contributed by atoms with Gasteiger partial charge in [-0.2, -0.15) is 11.8 Å². The molecule has 0 saturated heterocycles.